The number of imide groups is 1. The Hall–Kier alpha value is -2.78. The molecule has 0 unspecified atom stereocenters. The van der Waals surface area contributed by atoms with E-state index in [9.17, 15) is 19.2 Å². The lowest BCUT2D eigenvalue weighted by atomic mass is 10.0. The molecule has 0 spiro atoms. The van der Waals surface area contributed by atoms with Crippen molar-refractivity contribution in [2.24, 2.45) is 0 Å². The molecule has 1 saturated heterocycles. The molecule has 0 aromatic heterocycles. The Morgan fingerprint density at radius 1 is 1.07 bits per heavy atom. The van der Waals surface area contributed by atoms with E-state index in [0.717, 1.165) is 4.90 Å². The minimum atomic E-state index is -0.358. The van der Waals surface area contributed by atoms with E-state index < -0.39 is 0 Å². The number of rotatable bonds is 9. The molecule has 1 N–H and O–H groups in total. The van der Waals surface area contributed by atoms with Crippen molar-refractivity contribution in [2.75, 3.05) is 46.6 Å². The van der Waals surface area contributed by atoms with Crippen molar-refractivity contribution < 1.29 is 28.7 Å². The number of hydrogen-bond donors (Lipinski definition) is 1. The largest absolute Gasteiger partial charge is 0.382 e. The van der Waals surface area contributed by atoms with Crippen molar-refractivity contribution in [3.8, 4) is 0 Å². The van der Waals surface area contributed by atoms with Gasteiger partial charge >= 0.3 is 0 Å². The summed E-state index contributed by atoms with van der Waals surface area (Å²) in [7, 11) is 1.57. The van der Waals surface area contributed by atoms with Crippen molar-refractivity contribution in [1.82, 2.24) is 15.1 Å². The maximum atomic E-state index is 12.3. The second-order valence-corrected chi connectivity index (χ2v) is 7.33. The molecule has 9 heteroatoms. The minimum Gasteiger partial charge on any atom is -0.382 e. The number of methoxy groups -OCH3 is 1. The van der Waals surface area contributed by atoms with Crippen molar-refractivity contribution >= 4 is 23.6 Å². The fourth-order valence-corrected chi connectivity index (χ4v) is 3.62. The fourth-order valence-electron chi connectivity index (χ4n) is 3.62. The van der Waals surface area contributed by atoms with E-state index in [1.165, 1.54) is 0 Å². The van der Waals surface area contributed by atoms with Crippen molar-refractivity contribution in [3.63, 3.8) is 0 Å². The van der Waals surface area contributed by atoms with E-state index in [4.69, 9.17) is 9.47 Å². The van der Waals surface area contributed by atoms with Gasteiger partial charge in [-0.05, 0) is 25.0 Å². The van der Waals surface area contributed by atoms with Crippen LogP contribution in [0.4, 0.5) is 0 Å². The Morgan fingerprint density at radius 3 is 2.30 bits per heavy atom. The summed E-state index contributed by atoms with van der Waals surface area (Å²) in [5, 5.41) is 2.94. The smallest absolute Gasteiger partial charge is 0.261 e. The van der Waals surface area contributed by atoms with Crippen LogP contribution in [0.1, 0.15) is 40.0 Å². The number of carbonyl (C=O) groups excluding carboxylic acids is 4. The molecule has 30 heavy (non-hydrogen) atoms. The average Bonchev–Trinajstić information content (AvgIpc) is 3.00. The first-order valence-corrected chi connectivity index (χ1v) is 10.1. The van der Waals surface area contributed by atoms with Gasteiger partial charge in [-0.25, -0.2) is 0 Å². The zero-order valence-corrected chi connectivity index (χ0v) is 17.1. The van der Waals surface area contributed by atoms with Crippen LogP contribution in [0.3, 0.4) is 0 Å². The maximum absolute atomic E-state index is 12.3. The number of ether oxygens (including phenoxy) is 2. The zero-order chi connectivity index (χ0) is 21.5. The second kappa shape index (κ2) is 10.3. The third-order valence-corrected chi connectivity index (χ3v) is 5.31. The molecule has 2 heterocycles. The first-order valence-electron chi connectivity index (χ1n) is 10.1. The fraction of sp³-hybridized carbons (Fsp3) is 0.524. The van der Waals surface area contributed by atoms with Gasteiger partial charge in [0.2, 0.25) is 11.8 Å². The van der Waals surface area contributed by atoms with Crippen LogP contribution in [0.5, 0.6) is 0 Å². The number of amides is 4. The van der Waals surface area contributed by atoms with Crippen LogP contribution < -0.4 is 5.32 Å². The molecular weight excluding hydrogens is 390 g/mol. The minimum absolute atomic E-state index is 0.0284. The highest BCUT2D eigenvalue weighted by molar-refractivity contribution is 6.21. The van der Waals surface area contributed by atoms with Gasteiger partial charge in [0.1, 0.15) is 6.61 Å². The number of fused-ring (bicyclic) bond motifs is 1. The number of carbonyl (C=O) groups is 4. The van der Waals surface area contributed by atoms with E-state index in [1.807, 2.05) is 0 Å². The van der Waals surface area contributed by atoms with Crippen LogP contribution in [0.15, 0.2) is 24.3 Å². The van der Waals surface area contributed by atoms with Gasteiger partial charge in [-0.2, -0.15) is 0 Å². The van der Waals surface area contributed by atoms with Crippen LogP contribution in [0, 0.1) is 0 Å². The summed E-state index contributed by atoms with van der Waals surface area (Å²) >= 11 is 0. The summed E-state index contributed by atoms with van der Waals surface area (Å²) in [5.74, 6) is -0.994. The monoisotopic (exact) mass is 417 g/mol. The summed E-state index contributed by atoms with van der Waals surface area (Å²) in [5.41, 5.74) is 0.761. The van der Waals surface area contributed by atoms with Gasteiger partial charge in [-0.1, -0.05) is 12.1 Å². The molecule has 2 aliphatic heterocycles. The molecular formula is C21H27N3O6. The van der Waals surface area contributed by atoms with Gasteiger partial charge in [-0.3, -0.25) is 24.1 Å². The van der Waals surface area contributed by atoms with E-state index in [1.54, 1.807) is 36.3 Å². The molecule has 0 saturated carbocycles. The van der Waals surface area contributed by atoms with E-state index in [2.05, 4.69) is 5.32 Å². The molecule has 4 amide bonds. The van der Waals surface area contributed by atoms with E-state index in [-0.39, 0.29) is 49.2 Å². The molecule has 0 atom stereocenters. The van der Waals surface area contributed by atoms with Gasteiger partial charge in [0.05, 0.1) is 24.3 Å². The highest BCUT2D eigenvalue weighted by Gasteiger charge is 2.35. The Kier molecular flexibility index (Phi) is 7.53. The highest BCUT2D eigenvalue weighted by atomic mass is 16.5. The summed E-state index contributed by atoms with van der Waals surface area (Å²) in [6.07, 6.45) is 1.36. The van der Waals surface area contributed by atoms with Crippen LogP contribution in [-0.2, 0) is 19.1 Å². The molecule has 162 valence electrons. The lowest BCUT2D eigenvalue weighted by Gasteiger charge is -2.32. The summed E-state index contributed by atoms with van der Waals surface area (Å²) < 4.78 is 10.1. The van der Waals surface area contributed by atoms with Crippen LogP contribution >= 0.6 is 0 Å². The first kappa shape index (κ1) is 21.9. The molecule has 1 fully saturated rings. The number of nitrogens with one attached hydrogen (secondary N) is 1. The summed E-state index contributed by atoms with van der Waals surface area (Å²) in [4.78, 5) is 51.9. The quantitative estimate of drug-likeness (QED) is 0.462. The predicted molar refractivity (Wildman–Crippen MR) is 107 cm³/mol. The molecule has 0 aliphatic carbocycles. The third-order valence-electron chi connectivity index (χ3n) is 5.31. The molecule has 1 aromatic rings. The van der Waals surface area contributed by atoms with E-state index >= 15 is 0 Å². The van der Waals surface area contributed by atoms with Crippen molar-refractivity contribution in [1.29, 1.82) is 0 Å². The molecule has 3 rings (SSSR count). The molecule has 2 aliphatic rings. The second-order valence-electron chi connectivity index (χ2n) is 7.33. The van der Waals surface area contributed by atoms with Crippen LogP contribution in [0.2, 0.25) is 0 Å². The summed E-state index contributed by atoms with van der Waals surface area (Å²) in [6.45, 7) is 2.00. The standard InChI is InChI=1S/C21H27N3O6/c1-29-12-13-30-14-19(26)23-9-6-15(7-10-23)22-18(25)8-11-24-20(27)16-4-2-3-5-17(16)21(24)28/h2-5,15H,6-14H2,1H3,(H,22,25). The van der Waals surface area contributed by atoms with Gasteiger partial charge in [0, 0.05) is 39.2 Å². The number of likely N-dealkylation sites (tertiary alicyclic amines) is 1. The van der Waals surface area contributed by atoms with E-state index in [0.29, 0.717) is 50.3 Å². The topological polar surface area (TPSA) is 105 Å². The molecule has 1 aromatic carbocycles. The third kappa shape index (κ3) is 5.22. The lowest BCUT2D eigenvalue weighted by Crippen LogP contribution is -2.48. The molecule has 0 bridgehead atoms. The Morgan fingerprint density at radius 2 is 1.70 bits per heavy atom. The average molecular weight is 417 g/mol. The lowest BCUT2D eigenvalue weighted by molar-refractivity contribution is -0.137. The van der Waals surface area contributed by atoms with Crippen LogP contribution in [0.25, 0.3) is 0 Å². The van der Waals surface area contributed by atoms with Crippen molar-refractivity contribution in [2.45, 2.75) is 25.3 Å². The number of piperidine rings is 1. The van der Waals surface area contributed by atoms with Gasteiger partial charge in [-0.15, -0.1) is 0 Å². The number of hydrogen-bond acceptors (Lipinski definition) is 6. The highest BCUT2D eigenvalue weighted by Crippen LogP contribution is 2.22. The number of nitrogens with zero attached hydrogens (tertiary/aromatic N) is 2. The van der Waals surface area contributed by atoms with Crippen LogP contribution in [-0.4, -0.2) is 86.0 Å². The van der Waals surface area contributed by atoms with Gasteiger partial charge in [0.15, 0.2) is 0 Å². The number of benzene rings is 1. The Bertz CT molecular complexity index is 769. The SMILES string of the molecule is COCCOCC(=O)N1CCC(NC(=O)CCN2C(=O)c3ccccc3C2=O)CC1. The zero-order valence-electron chi connectivity index (χ0n) is 17.1. The van der Waals surface area contributed by atoms with Gasteiger partial charge in [0.25, 0.3) is 11.8 Å². The Balaban J connectivity index is 1.37. The molecule has 0 radical (unpaired) electrons. The normalized spacial score (nSPS) is 16.7. The van der Waals surface area contributed by atoms with Crippen molar-refractivity contribution in [3.05, 3.63) is 35.4 Å². The predicted octanol–water partition coefficient (Wildman–Crippen LogP) is 0.443. The first-order chi connectivity index (χ1) is 14.5. The molecule has 9 nitrogen and oxygen atoms in total. The summed E-state index contributed by atoms with van der Waals surface area (Å²) in [6, 6.07) is 6.63. The van der Waals surface area contributed by atoms with Gasteiger partial charge < -0.3 is 19.7 Å². The maximum Gasteiger partial charge on any atom is 0.261 e. The Labute approximate surface area is 175 Å².